The van der Waals surface area contributed by atoms with Gasteiger partial charge in [0.1, 0.15) is 30.1 Å². The monoisotopic (exact) mass is 1030 g/mol. The van der Waals surface area contributed by atoms with Crippen molar-refractivity contribution >= 4 is 64.0 Å². The summed E-state index contributed by atoms with van der Waals surface area (Å²) in [6.07, 6.45) is 11.2. The summed E-state index contributed by atoms with van der Waals surface area (Å²) in [6, 6.07) is -1.14. The number of ketones is 3. The Morgan fingerprint density at radius 3 is 2.16 bits per heavy atom. The fourth-order valence-corrected chi connectivity index (χ4v) is 10.1. The van der Waals surface area contributed by atoms with E-state index in [1.165, 1.54) is 12.0 Å². The molecule has 3 fully saturated rings. The van der Waals surface area contributed by atoms with Gasteiger partial charge in [0, 0.05) is 58.5 Å². The second-order valence-corrected chi connectivity index (χ2v) is 21.8. The fourth-order valence-electron chi connectivity index (χ4n) is 10.1. The number of cyclic esters (lactones) is 1. The molecule has 1 aliphatic carbocycles. The van der Waals surface area contributed by atoms with E-state index in [0.717, 1.165) is 12.0 Å². The van der Waals surface area contributed by atoms with E-state index in [1.54, 1.807) is 41.1 Å². The zero-order valence-electron chi connectivity index (χ0n) is 42.3. The molecule has 0 aromatic heterocycles. The first-order chi connectivity index (χ1) is 32.5. The topological polar surface area (TPSA) is 195 Å². The first kappa shape index (κ1) is 60.8. The minimum Gasteiger partial charge on any atom is -0.460 e. The number of carbonyl (C=O) groups excluding carboxylic acids is 5. The predicted octanol–water partition coefficient (Wildman–Crippen LogP) is 8.17. The zero-order valence-corrected chi connectivity index (χ0v) is 44.6. The van der Waals surface area contributed by atoms with E-state index < -0.39 is 88.2 Å². The van der Waals surface area contributed by atoms with Crippen molar-refractivity contribution in [2.45, 2.75) is 184 Å². The van der Waals surface area contributed by atoms with Gasteiger partial charge in [0.15, 0.2) is 10.1 Å². The molecule has 17 heteroatoms. The maximum atomic E-state index is 14.4. The van der Waals surface area contributed by atoms with Crippen molar-refractivity contribution in [1.82, 2.24) is 4.90 Å². The first-order valence-electron chi connectivity index (χ1n) is 24.6. The van der Waals surface area contributed by atoms with Gasteiger partial charge in [-0.15, -0.1) is 0 Å². The van der Waals surface area contributed by atoms with Crippen LogP contribution in [0, 0.1) is 35.5 Å². The molecular formula is C52H80Cl3NO13. The predicted molar refractivity (Wildman–Crippen MR) is 266 cm³/mol. The summed E-state index contributed by atoms with van der Waals surface area (Å²) in [5.41, 5.74) is 1.27. The standard InChI is InChI=1S/C51H79NO13.CHCl3/c1-30-16-12-11-13-17-31(2)42(61-8)28-38-21-19-36(7)51(60,65-38)48(57)49(58)52-23-15-14-18-39(52)50(59)64-43(33(4)26-37-20-22-40(53)44(27-37)62-9)29-41(54)32(3)25-35(6)46(56)47(63-10)45(55)34(5)24-30;2-1(3)4/h11-13,16-17,25,30,32-34,36-40,42-44,46-47,53,56,60H,14-15,18-24,26-29H2,1-10H3;1H/b13-11?,16-12+,31-17?,35-25+;/t30-,32-,33-,34-,36-,37+,38+,39+,40-,42+,43+,44-,46-,47+,51-;/m1./s1. The number of allylic oxidation sites excluding steroid dienone is 6. The van der Waals surface area contributed by atoms with Gasteiger partial charge >= 0.3 is 5.97 Å². The number of nitrogens with zero attached hydrogens (tertiary/aromatic N) is 1. The highest BCUT2D eigenvalue weighted by Gasteiger charge is 2.53. The van der Waals surface area contributed by atoms with Crippen LogP contribution in [-0.2, 0) is 47.7 Å². The number of fused-ring (bicyclic) bond motifs is 3. The second kappa shape index (κ2) is 29.3. The summed E-state index contributed by atoms with van der Waals surface area (Å²) in [5, 5.41) is 33.8. The molecule has 2 bridgehead atoms. The molecule has 1 amide bonds. The minimum atomic E-state index is -2.43. The van der Waals surface area contributed by atoms with Crippen molar-refractivity contribution in [2.24, 2.45) is 35.5 Å². The smallest absolute Gasteiger partial charge is 0.329 e. The Kier molecular flexibility index (Phi) is 25.8. The number of esters is 1. The highest BCUT2D eigenvalue weighted by Crippen LogP contribution is 2.38. The zero-order chi connectivity index (χ0) is 51.7. The average molecular weight is 1030 g/mol. The number of halogens is 3. The Morgan fingerprint density at radius 1 is 0.841 bits per heavy atom. The summed E-state index contributed by atoms with van der Waals surface area (Å²) in [5.74, 6) is -7.96. The Balaban J connectivity index is 0.00000303. The number of rotatable bonds is 6. The van der Waals surface area contributed by atoms with Gasteiger partial charge in [0.25, 0.3) is 11.7 Å². The highest BCUT2D eigenvalue weighted by molar-refractivity contribution is 6.63. The van der Waals surface area contributed by atoms with Crippen molar-refractivity contribution in [3.05, 3.63) is 47.6 Å². The number of carbonyl (C=O) groups is 5. The van der Waals surface area contributed by atoms with Crippen LogP contribution in [-0.4, -0.2) is 136 Å². The molecule has 3 N–H and O–H groups in total. The highest BCUT2D eigenvalue weighted by atomic mass is 35.6. The summed E-state index contributed by atoms with van der Waals surface area (Å²) in [4.78, 5) is 71.8. The molecule has 392 valence electrons. The summed E-state index contributed by atoms with van der Waals surface area (Å²) >= 11 is 14.4. The molecule has 4 rings (SSSR count). The van der Waals surface area contributed by atoms with Gasteiger partial charge in [0.2, 0.25) is 5.79 Å². The number of aliphatic hydroxyl groups is 3. The van der Waals surface area contributed by atoms with Gasteiger partial charge < -0.3 is 43.9 Å². The molecule has 69 heavy (non-hydrogen) atoms. The van der Waals surface area contributed by atoms with Crippen LogP contribution < -0.4 is 0 Å². The van der Waals surface area contributed by atoms with E-state index in [2.05, 4.69) is 0 Å². The summed E-state index contributed by atoms with van der Waals surface area (Å²) in [6.45, 7) is 12.7. The molecule has 14 nitrogen and oxygen atoms in total. The molecule has 1 saturated carbocycles. The first-order valence-corrected chi connectivity index (χ1v) is 25.9. The molecule has 3 heterocycles. The fraction of sp³-hybridized carbons (Fsp3) is 0.750. The number of hydrogen-bond acceptors (Lipinski definition) is 13. The largest absolute Gasteiger partial charge is 0.460 e. The normalized spacial score (nSPS) is 37.4. The van der Waals surface area contributed by atoms with Crippen LogP contribution >= 0.6 is 34.8 Å². The second-order valence-electron chi connectivity index (χ2n) is 19.8. The number of hydrogen-bond donors (Lipinski definition) is 3. The van der Waals surface area contributed by atoms with Gasteiger partial charge in [-0.25, -0.2) is 4.79 Å². The number of amides is 1. The third kappa shape index (κ3) is 17.9. The SMILES string of the molecule is CO[C@H]1C[C@@H]2CC[C@@H](C)[C@@](O)(O2)C(=O)C(=O)N2CCCC[C@H]2C(=O)O[C@H]([C@H](C)C[C@@H]2CC[C@@H](O)[C@H](OC)C2)CC(=O)[C@H](C)/C=C(\C)[C@@H](O)[C@@H](OC)C(=O)[C@H](C)C[C@H](C)/C=C/C=CC=C1C.ClC(Cl)Cl. The third-order valence-corrected chi connectivity index (χ3v) is 14.5. The molecule has 4 aliphatic rings. The molecule has 0 spiro atoms. The van der Waals surface area contributed by atoms with Crippen LogP contribution in [0.3, 0.4) is 0 Å². The number of aliphatic hydroxyl groups excluding tert-OH is 2. The Labute approximate surface area is 425 Å². The lowest BCUT2D eigenvalue weighted by atomic mass is 9.78. The van der Waals surface area contributed by atoms with E-state index in [4.69, 9.17) is 58.5 Å². The molecule has 2 saturated heterocycles. The van der Waals surface area contributed by atoms with Crippen LogP contribution in [0.4, 0.5) is 0 Å². The molecule has 0 aromatic carbocycles. The van der Waals surface area contributed by atoms with Crippen LogP contribution in [0.15, 0.2) is 47.6 Å². The van der Waals surface area contributed by atoms with E-state index >= 15 is 0 Å². The summed E-state index contributed by atoms with van der Waals surface area (Å²) < 4.78 is 28.6. The van der Waals surface area contributed by atoms with Gasteiger partial charge in [-0.1, -0.05) is 106 Å². The van der Waals surface area contributed by atoms with E-state index in [-0.39, 0.29) is 54.8 Å². The van der Waals surface area contributed by atoms with Crippen molar-refractivity contribution in [3.63, 3.8) is 0 Å². The van der Waals surface area contributed by atoms with E-state index in [0.29, 0.717) is 63.4 Å². The Hall–Kier alpha value is -2.50. The number of methoxy groups -OCH3 is 3. The molecule has 15 atom stereocenters. The number of alkyl halides is 3. The molecular weight excluding hydrogens is 953 g/mol. The van der Waals surface area contributed by atoms with Crippen molar-refractivity contribution in [2.75, 3.05) is 27.9 Å². The third-order valence-electron chi connectivity index (χ3n) is 14.5. The van der Waals surface area contributed by atoms with E-state index in [1.807, 2.05) is 58.1 Å². The van der Waals surface area contributed by atoms with E-state index in [9.17, 15) is 39.3 Å². The lowest BCUT2D eigenvalue weighted by Crippen LogP contribution is -2.61. The summed E-state index contributed by atoms with van der Waals surface area (Å²) in [7, 11) is 4.52. The number of ether oxygens (including phenoxy) is 5. The Bertz CT molecular complexity index is 1820. The number of piperidine rings is 1. The Morgan fingerprint density at radius 2 is 1.52 bits per heavy atom. The van der Waals surface area contributed by atoms with Gasteiger partial charge in [0.05, 0.1) is 24.4 Å². The maximum absolute atomic E-state index is 14.4. The van der Waals surface area contributed by atoms with Crippen molar-refractivity contribution < 1.29 is 63.0 Å². The van der Waals surface area contributed by atoms with Crippen LogP contribution in [0.25, 0.3) is 0 Å². The minimum absolute atomic E-state index is 0.0193. The molecule has 0 aromatic rings. The average Bonchev–Trinajstić information content (AvgIpc) is 3.30. The number of Topliss-reactive ketones (excluding diaryl/α,β-unsaturated/α-hetero) is 3. The molecule has 0 radical (unpaired) electrons. The quantitative estimate of drug-likeness (QED) is 0.0999. The molecule has 0 unspecified atom stereocenters. The lowest BCUT2D eigenvalue weighted by molar-refractivity contribution is -0.265. The van der Waals surface area contributed by atoms with Crippen molar-refractivity contribution in [3.8, 4) is 0 Å². The van der Waals surface area contributed by atoms with Gasteiger partial charge in [-0.05, 0) is 107 Å². The van der Waals surface area contributed by atoms with Crippen LogP contribution in [0.2, 0.25) is 0 Å². The van der Waals surface area contributed by atoms with Crippen molar-refractivity contribution in [1.29, 1.82) is 0 Å². The maximum Gasteiger partial charge on any atom is 0.329 e. The molecule has 3 aliphatic heterocycles. The van der Waals surface area contributed by atoms with Gasteiger partial charge in [-0.2, -0.15) is 0 Å². The van der Waals surface area contributed by atoms with Gasteiger partial charge in [-0.3, -0.25) is 19.2 Å². The van der Waals surface area contributed by atoms with Crippen LogP contribution in [0.1, 0.15) is 126 Å². The lowest BCUT2D eigenvalue weighted by Gasteiger charge is -2.42. The van der Waals surface area contributed by atoms with Crippen LogP contribution in [0.5, 0.6) is 0 Å².